The molecule has 1 saturated carbocycles. The zero-order chi connectivity index (χ0) is 42.6. The van der Waals surface area contributed by atoms with Gasteiger partial charge in [-0.05, 0) is 105 Å². The molecule has 2 heterocycles. The average Bonchev–Trinajstić information content (AvgIpc) is 3.65. The van der Waals surface area contributed by atoms with Crippen LogP contribution in [0.15, 0.2) is 143 Å². The monoisotopic (exact) mass is 814 g/mol. The van der Waals surface area contributed by atoms with Gasteiger partial charge in [0, 0.05) is 31.3 Å². The van der Waals surface area contributed by atoms with E-state index in [4.69, 9.17) is 4.74 Å². The molecule has 5 aromatic rings. The predicted molar refractivity (Wildman–Crippen MR) is 232 cm³/mol. The third kappa shape index (κ3) is 6.44. The van der Waals surface area contributed by atoms with Crippen molar-refractivity contribution < 1.29 is 29.0 Å². The minimum absolute atomic E-state index is 0.128. The van der Waals surface area contributed by atoms with Crippen LogP contribution in [0.25, 0.3) is 0 Å². The Labute approximate surface area is 354 Å². The first-order valence-corrected chi connectivity index (χ1v) is 20.6. The molecule has 6 atom stereocenters. The number of aryl methyl sites for hydroxylation is 1. The van der Waals surface area contributed by atoms with Crippen LogP contribution in [0.5, 0.6) is 11.5 Å². The van der Waals surface area contributed by atoms with Crippen LogP contribution in [-0.2, 0) is 24.6 Å². The van der Waals surface area contributed by atoms with Crippen molar-refractivity contribution in [3.05, 3.63) is 150 Å². The molecule has 3 fully saturated rings. The molecule has 0 radical (unpaired) electrons. The minimum atomic E-state index is -1.53. The van der Waals surface area contributed by atoms with Crippen LogP contribution in [-0.4, -0.2) is 54.4 Å². The quantitative estimate of drug-likeness (QED) is 0.0809. The van der Waals surface area contributed by atoms with Gasteiger partial charge in [0.1, 0.15) is 0 Å². The van der Waals surface area contributed by atoms with Crippen LogP contribution in [0.4, 0.5) is 28.4 Å². The number of allylic oxidation sites excluding steroid dienone is 2. The molecule has 4 aliphatic rings. The van der Waals surface area contributed by atoms with Crippen LogP contribution in [0, 0.1) is 30.6 Å². The fraction of sp³-hybridized carbons (Fsp3) is 0.265. The molecule has 2 saturated heterocycles. The lowest BCUT2D eigenvalue weighted by Gasteiger charge is -2.50. The van der Waals surface area contributed by atoms with Crippen molar-refractivity contribution in [2.45, 2.75) is 38.0 Å². The van der Waals surface area contributed by atoms with Crippen molar-refractivity contribution in [2.75, 3.05) is 35.9 Å². The van der Waals surface area contributed by atoms with Crippen molar-refractivity contribution in [2.24, 2.45) is 33.9 Å². The Morgan fingerprint density at radius 3 is 2.11 bits per heavy atom. The molecule has 2 N–H and O–H groups in total. The first-order valence-electron chi connectivity index (χ1n) is 20.6. The van der Waals surface area contributed by atoms with Gasteiger partial charge in [-0.25, -0.2) is 0 Å². The summed E-state index contributed by atoms with van der Waals surface area (Å²) in [5, 5.41) is 21.9. The van der Waals surface area contributed by atoms with E-state index in [1.807, 2.05) is 118 Å². The van der Waals surface area contributed by atoms with Gasteiger partial charge in [0.15, 0.2) is 11.5 Å². The Balaban J connectivity index is 1.11. The topological polar surface area (TPSA) is 144 Å². The summed E-state index contributed by atoms with van der Waals surface area (Å²) in [7, 11) is 3.93. The van der Waals surface area contributed by atoms with Crippen molar-refractivity contribution in [3.8, 4) is 11.5 Å². The SMILES string of the molecule is CCOc1cccc(C2C3=CCC4C(=O)N(c5ccc(N=Nc6ccc(N(C)C)cc6)cc5)C(=O)C4C3CC3C(=O)N(Nc4ccc(C)cc4)C(=O)C32c2ccccc2)c1O. The van der Waals surface area contributed by atoms with E-state index in [9.17, 15) is 14.7 Å². The Morgan fingerprint density at radius 2 is 1.46 bits per heavy atom. The van der Waals surface area contributed by atoms with Gasteiger partial charge in [0.05, 0.1) is 52.5 Å². The average molecular weight is 815 g/mol. The Hall–Kier alpha value is -7.08. The first kappa shape index (κ1) is 39.4. The Morgan fingerprint density at radius 1 is 0.787 bits per heavy atom. The summed E-state index contributed by atoms with van der Waals surface area (Å²) in [6, 6.07) is 36.3. The van der Waals surface area contributed by atoms with E-state index in [1.165, 1.54) is 4.90 Å². The molecule has 0 bridgehead atoms. The van der Waals surface area contributed by atoms with Gasteiger partial charge in [0.2, 0.25) is 11.8 Å². The second-order valence-electron chi connectivity index (χ2n) is 16.4. The number of imide groups is 2. The lowest BCUT2D eigenvalue weighted by Crippen LogP contribution is -2.53. The zero-order valence-electron chi connectivity index (χ0n) is 34.4. The molecule has 0 aromatic heterocycles. The second kappa shape index (κ2) is 15.5. The summed E-state index contributed by atoms with van der Waals surface area (Å²) in [5.74, 6) is -5.50. The summed E-state index contributed by atoms with van der Waals surface area (Å²) in [6.45, 7) is 4.06. The molecule has 6 unspecified atom stereocenters. The predicted octanol–water partition coefficient (Wildman–Crippen LogP) is 8.77. The molecule has 61 heavy (non-hydrogen) atoms. The van der Waals surface area contributed by atoms with Crippen molar-refractivity contribution in [3.63, 3.8) is 0 Å². The molecule has 2 aliphatic carbocycles. The molecular formula is C49H46N6O6. The van der Waals surface area contributed by atoms with Crippen LogP contribution < -0.4 is 20.0 Å². The molecule has 2 aliphatic heterocycles. The number of phenols is 1. The van der Waals surface area contributed by atoms with Crippen LogP contribution >= 0.6 is 0 Å². The van der Waals surface area contributed by atoms with Gasteiger partial charge in [-0.15, -0.1) is 0 Å². The van der Waals surface area contributed by atoms with E-state index in [0.29, 0.717) is 33.9 Å². The number of rotatable bonds is 10. The maximum Gasteiger partial charge on any atom is 0.260 e. The minimum Gasteiger partial charge on any atom is -0.504 e. The number of amides is 4. The van der Waals surface area contributed by atoms with Gasteiger partial charge < -0.3 is 14.7 Å². The van der Waals surface area contributed by atoms with Crippen molar-refractivity contribution in [1.82, 2.24) is 5.01 Å². The number of para-hydroxylation sites is 1. The number of ether oxygens (including phenoxy) is 1. The fourth-order valence-electron chi connectivity index (χ4n) is 9.99. The highest BCUT2D eigenvalue weighted by Crippen LogP contribution is 2.65. The summed E-state index contributed by atoms with van der Waals surface area (Å²) < 4.78 is 5.87. The molecule has 9 rings (SSSR count). The van der Waals surface area contributed by atoms with Crippen molar-refractivity contribution in [1.29, 1.82) is 0 Å². The molecule has 0 spiro atoms. The van der Waals surface area contributed by atoms with Gasteiger partial charge in [-0.2, -0.15) is 15.2 Å². The number of nitrogens with zero attached hydrogens (tertiary/aromatic N) is 5. The number of hydrogen-bond donors (Lipinski definition) is 2. The number of benzene rings is 5. The number of hydrazine groups is 1. The largest absolute Gasteiger partial charge is 0.504 e. The van der Waals surface area contributed by atoms with Gasteiger partial charge >= 0.3 is 0 Å². The van der Waals surface area contributed by atoms with E-state index in [1.54, 1.807) is 42.5 Å². The van der Waals surface area contributed by atoms with E-state index in [-0.39, 0.29) is 42.8 Å². The Kier molecular flexibility index (Phi) is 10.0. The summed E-state index contributed by atoms with van der Waals surface area (Å²) in [4.78, 5) is 62.9. The number of carbonyl (C=O) groups excluding carboxylic acids is 4. The normalized spacial score (nSPS) is 24.4. The third-order valence-electron chi connectivity index (χ3n) is 12.8. The Bertz CT molecular complexity index is 2590. The number of aromatic hydroxyl groups is 1. The number of azo groups is 1. The summed E-state index contributed by atoms with van der Waals surface area (Å²) >= 11 is 0. The lowest BCUT2D eigenvalue weighted by atomic mass is 9.49. The zero-order valence-corrected chi connectivity index (χ0v) is 34.4. The highest BCUT2D eigenvalue weighted by molar-refractivity contribution is 6.22. The molecule has 4 amide bonds. The highest BCUT2D eigenvalue weighted by Gasteiger charge is 2.70. The maximum atomic E-state index is 15.5. The van der Waals surface area contributed by atoms with E-state index < -0.39 is 46.8 Å². The molecule has 12 heteroatoms. The lowest BCUT2D eigenvalue weighted by molar-refractivity contribution is -0.138. The van der Waals surface area contributed by atoms with Crippen LogP contribution in [0.3, 0.4) is 0 Å². The summed E-state index contributed by atoms with van der Waals surface area (Å²) in [6.07, 6.45) is 2.34. The number of anilines is 3. The fourth-order valence-corrected chi connectivity index (χ4v) is 9.99. The third-order valence-corrected chi connectivity index (χ3v) is 12.8. The highest BCUT2D eigenvalue weighted by atomic mass is 16.5. The molecule has 12 nitrogen and oxygen atoms in total. The van der Waals surface area contributed by atoms with Crippen LogP contribution in [0.1, 0.15) is 42.4 Å². The van der Waals surface area contributed by atoms with Gasteiger partial charge in [-0.1, -0.05) is 71.8 Å². The smallest absolute Gasteiger partial charge is 0.260 e. The maximum absolute atomic E-state index is 15.5. The number of hydrogen-bond acceptors (Lipinski definition) is 10. The molecule has 308 valence electrons. The molecular weight excluding hydrogens is 769 g/mol. The second-order valence-corrected chi connectivity index (χ2v) is 16.4. The van der Waals surface area contributed by atoms with E-state index >= 15 is 9.59 Å². The van der Waals surface area contributed by atoms with Crippen LogP contribution in [0.2, 0.25) is 0 Å². The number of phenolic OH excluding ortho intramolecular Hbond substituents is 1. The van der Waals surface area contributed by atoms with Crippen molar-refractivity contribution >= 4 is 52.1 Å². The summed E-state index contributed by atoms with van der Waals surface area (Å²) in [5.41, 5.74) is 7.60. The molecule has 5 aromatic carbocycles. The van der Waals surface area contributed by atoms with E-state index in [0.717, 1.165) is 21.8 Å². The number of fused-ring (bicyclic) bond motifs is 4. The van der Waals surface area contributed by atoms with E-state index in [2.05, 4.69) is 15.7 Å². The van der Waals surface area contributed by atoms with Gasteiger partial charge in [-0.3, -0.25) is 29.5 Å². The number of nitrogens with one attached hydrogen (secondary N) is 1. The first-order chi connectivity index (χ1) is 29.5. The van der Waals surface area contributed by atoms with Gasteiger partial charge in [0.25, 0.3) is 11.8 Å². The standard InChI is InChI=1S/C49H46N6O6/c1-5-61-41-13-9-12-38(44(41)56)43-36-26-27-37-42(47(59)54(45(37)57)35-24-20-32(21-25-35)51-50-31-18-22-34(23-19-31)53(3)4)39(36)28-40-46(58)55(52-33-16-14-29(2)15-17-33)48(60)49(40,43)30-10-7-6-8-11-30/h6-26,37,39-40,42-43,52,56H,5,27-28H2,1-4H3. The number of carbonyl (C=O) groups is 4.